The molecule has 17 heavy (non-hydrogen) atoms. The molecule has 1 aliphatic rings. The Morgan fingerprint density at radius 3 is 2.76 bits per heavy atom. The Bertz CT molecular complexity index is 423. The Kier molecular flexibility index (Phi) is 3.44. The summed E-state index contributed by atoms with van der Waals surface area (Å²) in [5.41, 5.74) is 2.49. The molecule has 0 spiro atoms. The fourth-order valence-electron chi connectivity index (χ4n) is 2.68. The molecule has 1 aliphatic heterocycles. The SMILES string of the molecule is CCCC1CC(C)(C)c2cc(O)c(C)cc2S1. The van der Waals surface area contributed by atoms with Gasteiger partial charge in [0.2, 0.25) is 0 Å². The number of rotatable bonds is 2. The Hall–Kier alpha value is -0.630. The van der Waals surface area contributed by atoms with Gasteiger partial charge in [0.25, 0.3) is 0 Å². The highest BCUT2D eigenvalue weighted by atomic mass is 32.2. The van der Waals surface area contributed by atoms with Crippen LogP contribution in [0.25, 0.3) is 0 Å². The van der Waals surface area contributed by atoms with Gasteiger partial charge in [-0.25, -0.2) is 0 Å². The Labute approximate surface area is 109 Å². The molecular weight excluding hydrogens is 228 g/mol. The molecule has 1 aromatic rings. The predicted molar refractivity (Wildman–Crippen MR) is 75.0 cm³/mol. The highest BCUT2D eigenvalue weighted by Crippen LogP contribution is 2.48. The molecule has 0 saturated carbocycles. The van der Waals surface area contributed by atoms with Crippen LogP contribution >= 0.6 is 11.8 Å². The van der Waals surface area contributed by atoms with E-state index in [0.29, 0.717) is 5.75 Å². The highest BCUT2D eigenvalue weighted by Gasteiger charge is 2.33. The third-order valence-electron chi connectivity index (χ3n) is 3.67. The molecule has 1 unspecified atom stereocenters. The van der Waals surface area contributed by atoms with E-state index in [-0.39, 0.29) is 5.41 Å². The molecule has 94 valence electrons. The van der Waals surface area contributed by atoms with Crippen molar-refractivity contribution >= 4 is 11.8 Å². The van der Waals surface area contributed by atoms with E-state index < -0.39 is 0 Å². The van der Waals surface area contributed by atoms with E-state index in [2.05, 4.69) is 26.8 Å². The second-order valence-corrected chi connectivity index (χ2v) is 7.09. The van der Waals surface area contributed by atoms with E-state index in [1.807, 2.05) is 24.8 Å². The van der Waals surface area contributed by atoms with Gasteiger partial charge in [-0.3, -0.25) is 0 Å². The summed E-state index contributed by atoms with van der Waals surface area (Å²) in [7, 11) is 0. The molecule has 1 nitrogen and oxygen atoms in total. The van der Waals surface area contributed by atoms with E-state index >= 15 is 0 Å². The van der Waals surface area contributed by atoms with Crippen LogP contribution in [0, 0.1) is 6.92 Å². The summed E-state index contributed by atoms with van der Waals surface area (Å²) in [6.45, 7) is 8.82. The van der Waals surface area contributed by atoms with Crippen LogP contribution in [-0.2, 0) is 5.41 Å². The number of fused-ring (bicyclic) bond motifs is 1. The van der Waals surface area contributed by atoms with E-state index in [9.17, 15) is 5.11 Å². The summed E-state index contributed by atoms with van der Waals surface area (Å²) < 4.78 is 0. The van der Waals surface area contributed by atoms with Gasteiger partial charge in [0.15, 0.2) is 0 Å². The van der Waals surface area contributed by atoms with Gasteiger partial charge in [0.1, 0.15) is 5.75 Å². The molecule has 0 amide bonds. The molecule has 0 aliphatic carbocycles. The van der Waals surface area contributed by atoms with Crippen molar-refractivity contribution in [3.05, 3.63) is 23.3 Å². The summed E-state index contributed by atoms with van der Waals surface area (Å²) in [5, 5.41) is 10.6. The van der Waals surface area contributed by atoms with Gasteiger partial charge in [0, 0.05) is 10.1 Å². The first-order chi connectivity index (χ1) is 7.94. The van der Waals surface area contributed by atoms with Crippen molar-refractivity contribution in [2.45, 2.75) is 62.5 Å². The summed E-state index contributed by atoms with van der Waals surface area (Å²) in [6, 6.07) is 4.12. The summed E-state index contributed by atoms with van der Waals surface area (Å²) in [4.78, 5) is 1.37. The minimum atomic E-state index is 0.186. The Morgan fingerprint density at radius 1 is 1.41 bits per heavy atom. The van der Waals surface area contributed by atoms with E-state index in [1.54, 1.807) is 0 Å². The van der Waals surface area contributed by atoms with Crippen LogP contribution in [0.1, 0.15) is 51.2 Å². The van der Waals surface area contributed by atoms with Gasteiger partial charge >= 0.3 is 0 Å². The second kappa shape index (κ2) is 4.56. The first kappa shape index (κ1) is 12.8. The molecule has 0 saturated heterocycles. The highest BCUT2D eigenvalue weighted by molar-refractivity contribution is 8.00. The zero-order valence-electron chi connectivity index (χ0n) is 11.2. The minimum absolute atomic E-state index is 0.186. The first-order valence-corrected chi connectivity index (χ1v) is 7.32. The van der Waals surface area contributed by atoms with Crippen LogP contribution < -0.4 is 0 Å². The lowest BCUT2D eigenvalue weighted by molar-refractivity contribution is 0.430. The molecule has 1 aromatic carbocycles. The third kappa shape index (κ3) is 2.47. The summed E-state index contributed by atoms with van der Waals surface area (Å²) in [5.74, 6) is 0.436. The first-order valence-electron chi connectivity index (χ1n) is 6.45. The van der Waals surface area contributed by atoms with E-state index in [1.165, 1.54) is 29.7 Å². The van der Waals surface area contributed by atoms with Crippen molar-refractivity contribution in [2.75, 3.05) is 0 Å². The van der Waals surface area contributed by atoms with Gasteiger partial charge in [-0.15, -0.1) is 11.8 Å². The Morgan fingerprint density at radius 2 is 2.12 bits per heavy atom. The number of hydrogen-bond donors (Lipinski definition) is 1. The lowest BCUT2D eigenvalue weighted by Crippen LogP contribution is -2.28. The fourth-order valence-corrected chi connectivity index (χ4v) is 4.60. The number of thioether (sulfide) groups is 1. The summed E-state index contributed by atoms with van der Waals surface area (Å²) >= 11 is 2.00. The average molecular weight is 250 g/mol. The van der Waals surface area contributed by atoms with Crippen molar-refractivity contribution in [1.29, 1.82) is 0 Å². The number of aromatic hydroxyl groups is 1. The van der Waals surface area contributed by atoms with Crippen molar-refractivity contribution in [3.63, 3.8) is 0 Å². The number of aryl methyl sites for hydroxylation is 1. The van der Waals surface area contributed by atoms with Crippen molar-refractivity contribution in [1.82, 2.24) is 0 Å². The molecular formula is C15H22OS. The van der Waals surface area contributed by atoms with Crippen molar-refractivity contribution in [2.24, 2.45) is 0 Å². The van der Waals surface area contributed by atoms with Crippen LogP contribution in [0.2, 0.25) is 0 Å². The smallest absolute Gasteiger partial charge is 0.118 e. The maximum Gasteiger partial charge on any atom is 0.118 e. The molecule has 0 radical (unpaired) electrons. The Balaban J connectivity index is 2.41. The second-order valence-electron chi connectivity index (χ2n) is 5.75. The lowest BCUT2D eigenvalue weighted by atomic mass is 9.79. The van der Waals surface area contributed by atoms with E-state index in [0.717, 1.165) is 10.8 Å². The molecule has 1 heterocycles. The zero-order chi connectivity index (χ0) is 12.6. The molecule has 2 heteroatoms. The average Bonchev–Trinajstić information content (AvgIpc) is 2.21. The van der Waals surface area contributed by atoms with Gasteiger partial charge in [0.05, 0.1) is 0 Å². The minimum Gasteiger partial charge on any atom is -0.508 e. The van der Waals surface area contributed by atoms with Gasteiger partial charge < -0.3 is 5.11 Å². The zero-order valence-corrected chi connectivity index (χ0v) is 12.0. The van der Waals surface area contributed by atoms with Crippen LogP contribution in [0.15, 0.2) is 17.0 Å². The molecule has 0 bridgehead atoms. The molecule has 1 atom stereocenters. The predicted octanol–water partition coefficient (Wildman–Crippen LogP) is 4.64. The van der Waals surface area contributed by atoms with Gasteiger partial charge in [-0.05, 0) is 48.4 Å². The van der Waals surface area contributed by atoms with Crippen LogP contribution in [-0.4, -0.2) is 10.4 Å². The van der Waals surface area contributed by atoms with Crippen molar-refractivity contribution < 1.29 is 5.11 Å². The normalized spacial score (nSPS) is 22.2. The largest absolute Gasteiger partial charge is 0.508 e. The molecule has 1 N–H and O–H groups in total. The molecule has 0 fully saturated rings. The number of hydrogen-bond acceptors (Lipinski definition) is 2. The number of phenolic OH excluding ortho intramolecular Hbond substituents is 1. The summed E-state index contributed by atoms with van der Waals surface area (Å²) in [6.07, 6.45) is 3.74. The van der Waals surface area contributed by atoms with Crippen LogP contribution in [0.3, 0.4) is 0 Å². The van der Waals surface area contributed by atoms with Gasteiger partial charge in [-0.2, -0.15) is 0 Å². The molecule has 0 aromatic heterocycles. The molecule has 2 rings (SSSR count). The van der Waals surface area contributed by atoms with E-state index in [4.69, 9.17) is 0 Å². The standard InChI is InChI=1S/C15H22OS/c1-5-6-11-9-15(3,4)12-8-13(16)10(2)7-14(12)17-11/h7-8,11,16H,5-6,9H2,1-4H3. The maximum atomic E-state index is 9.87. The fraction of sp³-hybridized carbons (Fsp3) is 0.600. The number of phenols is 1. The van der Waals surface area contributed by atoms with Crippen LogP contribution in [0.4, 0.5) is 0 Å². The topological polar surface area (TPSA) is 20.2 Å². The quantitative estimate of drug-likeness (QED) is 0.825. The third-order valence-corrected chi connectivity index (χ3v) is 5.00. The lowest BCUT2D eigenvalue weighted by Gasteiger charge is -2.37. The maximum absolute atomic E-state index is 9.87. The van der Waals surface area contributed by atoms with Crippen LogP contribution in [0.5, 0.6) is 5.75 Å². The number of benzene rings is 1. The van der Waals surface area contributed by atoms with Gasteiger partial charge in [-0.1, -0.05) is 27.2 Å². The van der Waals surface area contributed by atoms with Crippen molar-refractivity contribution in [3.8, 4) is 5.75 Å². The monoisotopic (exact) mass is 250 g/mol.